The van der Waals surface area contributed by atoms with E-state index >= 15 is 0 Å². The fraction of sp³-hybridized carbons (Fsp3) is 0.429. The Morgan fingerprint density at radius 1 is 1.08 bits per heavy atom. The van der Waals surface area contributed by atoms with Crippen molar-refractivity contribution in [2.75, 3.05) is 13.1 Å². The van der Waals surface area contributed by atoms with Crippen molar-refractivity contribution >= 4 is 11.8 Å². The molecule has 2 aliphatic rings. The van der Waals surface area contributed by atoms with Crippen LogP contribution in [0.2, 0.25) is 0 Å². The highest BCUT2D eigenvalue weighted by Crippen LogP contribution is 2.41. The predicted molar refractivity (Wildman–Crippen MR) is 97.8 cm³/mol. The van der Waals surface area contributed by atoms with Crippen LogP contribution in [0.5, 0.6) is 0 Å². The molecule has 0 atom stereocenters. The summed E-state index contributed by atoms with van der Waals surface area (Å²) in [6.45, 7) is 1.32. The lowest BCUT2D eigenvalue weighted by Crippen LogP contribution is -2.56. The molecule has 1 aliphatic heterocycles. The number of amides is 2. The van der Waals surface area contributed by atoms with E-state index in [0.29, 0.717) is 30.1 Å². The van der Waals surface area contributed by atoms with Gasteiger partial charge in [-0.1, -0.05) is 31.0 Å². The van der Waals surface area contributed by atoms with Crippen molar-refractivity contribution in [1.82, 2.24) is 10.2 Å². The van der Waals surface area contributed by atoms with Crippen molar-refractivity contribution in [3.63, 3.8) is 0 Å². The van der Waals surface area contributed by atoms with Crippen molar-refractivity contribution in [2.45, 2.75) is 37.6 Å². The Morgan fingerprint density at radius 3 is 2.42 bits per heavy atom. The van der Waals surface area contributed by atoms with Gasteiger partial charge in [0.1, 0.15) is 6.26 Å². The van der Waals surface area contributed by atoms with Crippen LogP contribution in [0.4, 0.5) is 0 Å². The lowest BCUT2D eigenvalue weighted by atomic mass is 9.82. The molecule has 0 radical (unpaired) electrons. The van der Waals surface area contributed by atoms with Gasteiger partial charge in [0.15, 0.2) is 0 Å². The average molecular weight is 352 g/mol. The zero-order chi connectivity index (χ0) is 18.0. The highest BCUT2D eigenvalue weighted by Gasteiger charge is 2.41. The molecule has 1 N–H and O–H groups in total. The fourth-order valence-corrected chi connectivity index (χ4v) is 3.86. The Bertz CT molecular complexity index is 758. The Labute approximate surface area is 153 Å². The zero-order valence-corrected chi connectivity index (χ0v) is 14.8. The van der Waals surface area contributed by atoms with Crippen molar-refractivity contribution in [3.8, 4) is 0 Å². The fourth-order valence-electron chi connectivity index (χ4n) is 3.86. The Morgan fingerprint density at radius 2 is 1.81 bits per heavy atom. The van der Waals surface area contributed by atoms with Crippen LogP contribution in [0, 0.1) is 5.92 Å². The van der Waals surface area contributed by atoms with Gasteiger partial charge in [0, 0.05) is 24.2 Å². The molecule has 2 fully saturated rings. The maximum Gasteiger partial charge on any atom is 0.257 e. The Hall–Kier alpha value is -2.56. The second-order valence-electron chi connectivity index (χ2n) is 7.55. The molecule has 1 aromatic carbocycles. The van der Waals surface area contributed by atoms with Crippen LogP contribution in [0.15, 0.2) is 53.3 Å². The predicted octanol–water partition coefficient (Wildman–Crippen LogP) is 3.48. The van der Waals surface area contributed by atoms with Gasteiger partial charge in [0.25, 0.3) is 11.8 Å². The van der Waals surface area contributed by atoms with Gasteiger partial charge in [-0.2, -0.15) is 0 Å². The van der Waals surface area contributed by atoms with Gasteiger partial charge in [-0.25, -0.2) is 0 Å². The molecule has 1 aromatic heterocycles. The van der Waals surface area contributed by atoms with E-state index in [1.807, 2.05) is 35.2 Å². The van der Waals surface area contributed by atoms with Crippen LogP contribution in [-0.2, 0) is 0 Å². The lowest BCUT2D eigenvalue weighted by molar-refractivity contribution is 0.0600. The third-order valence-corrected chi connectivity index (χ3v) is 5.57. The summed E-state index contributed by atoms with van der Waals surface area (Å²) in [6.07, 6.45) is 8.12. The highest BCUT2D eigenvalue weighted by molar-refractivity contribution is 5.95. The van der Waals surface area contributed by atoms with Gasteiger partial charge in [-0.05, 0) is 43.4 Å². The van der Waals surface area contributed by atoms with Crippen LogP contribution in [-0.4, -0.2) is 35.3 Å². The van der Waals surface area contributed by atoms with Gasteiger partial charge in [-0.3, -0.25) is 9.59 Å². The van der Waals surface area contributed by atoms with E-state index in [1.165, 1.54) is 25.4 Å². The summed E-state index contributed by atoms with van der Waals surface area (Å²) in [5, 5.41) is 3.32. The summed E-state index contributed by atoms with van der Waals surface area (Å²) in [5.41, 5.74) is 1.08. The molecule has 5 heteroatoms. The van der Waals surface area contributed by atoms with E-state index in [2.05, 4.69) is 5.32 Å². The first-order chi connectivity index (χ1) is 12.7. The number of carbonyl (C=O) groups excluding carboxylic acids is 2. The molecule has 136 valence electrons. The van der Waals surface area contributed by atoms with Crippen LogP contribution in [0.1, 0.15) is 52.8 Å². The number of likely N-dealkylation sites (tertiary alicyclic amines) is 1. The van der Waals surface area contributed by atoms with Crippen molar-refractivity contribution < 1.29 is 14.0 Å². The number of piperidine rings is 1. The molecular formula is C21H24N2O3. The van der Waals surface area contributed by atoms with Gasteiger partial charge in [-0.15, -0.1) is 0 Å². The number of nitrogens with zero attached hydrogens (tertiary/aromatic N) is 1. The molecule has 26 heavy (non-hydrogen) atoms. The van der Waals surface area contributed by atoms with Crippen molar-refractivity contribution in [2.24, 2.45) is 5.92 Å². The van der Waals surface area contributed by atoms with E-state index in [9.17, 15) is 9.59 Å². The minimum absolute atomic E-state index is 0.00755. The van der Waals surface area contributed by atoms with Crippen LogP contribution in [0.3, 0.4) is 0 Å². The van der Waals surface area contributed by atoms with Crippen molar-refractivity contribution in [1.29, 1.82) is 0 Å². The van der Waals surface area contributed by atoms with E-state index in [0.717, 1.165) is 19.3 Å². The summed E-state index contributed by atoms with van der Waals surface area (Å²) in [5.74, 6) is 0.705. The maximum absolute atomic E-state index is 12.7. The number of furan rings is 1. The number of carbonyl (C=O) groups is 2. The van der Waals surface area contributed by atoms with Crippen LogP contribution >= 0.6 is 0 Å². The first kappa shape index (κ1) is 16.9. The van der Waals surface area contributed by atoms with E-state index in [4.69, 9.17) is 4.42 Å². The van der Waals surface area contributed by atoms with E-state index < -0.39 is 0 Å². The number of nitrogens with one attached hydrogen (secondary N) is 1. The normalized spacial score (nSPS) is 19.2. The first-order valence-corrected chi connectivity index (χ1v) is 9.34. The van der Waals surface area contributed by atoms with Gasteiger partial charge >= 0.3 is 0 Å². The monoisotopic (exact) mass is 352 g/mol. The summed E-state index contributed by atoms with van der Waals surface area (Å²) >= 11 is 0. The number of hydrogen-bond acceptors (Lipinski definition) is 3. The molecule has 1 saturated carbocycles. The molecule has 0 bridgehead atoms. The van der Waals surface area contributed by atoms with Gasteiger partial charge < -0.3 is 14.6 Å². The largest absolute Gasteiger partial charge is 0.472 e. The minimum atomic E-state index is -0.207. The summed E-state index contributed by atoms with van der Waals surface area (Å²) in [7, 11) is 0. The van der Waals surface area contributed by atoms with Crippen LogP contribution < -0.4 is 5.32 Å². The highest BCUT2D eigenvalue weighted by atomic mass is 16.3. The molecule has 0 spiro atoms. The molecular weight excluding hydrogens is 328 g/mol. The second kappa shape index (κ2) is 6.98. The Balaban J connectivity index is 1.44. The average Bonchev–Trinajstić information content (AvgIpc) is 3.30. The van der Waals surface area contributed by atoms with Crippen molar-refractivity contribution in [3.05, 3.63) is 60.1 Å². The van der Waals surface area contributed by atoms with Gasteiger partial charge in [0.05, 0.1) is 11.8 Å². The number of benzene rings is 1. The second-order valence-corrected chi connectivity index (χ2v) is 7.55. The molecule has 2 heterocycles. The lowest BCUT2D eigenvalue weighted by Gasteiger charge is -2.42. The van der Waals surface area contributed by atoms with Gasteiger partial charge in [0.2, 0.25) is 0 Å². The first-order valence-electron chi connectivity index (χ1n) is 9.34. The molecule has 0 unspecified atom stereocenters. The van der Waals surface area contributed by atoms with E-state index in [-0.39, 0.29) is 17.4 Å². The SMILES string of the molecule is O=C(NC1(CC2CC2)CCN(C(=O)c2ccoc2)CC1)c1ccccc1. The third-order valence-electron chi connectivity index (χ3n) is 5.57. The third kappa shape index (κ3) is 3.66. The molecule has 1 aliphatic carbocycles. The Kier molecular flexibility index (Phi) is 4.53. The molecule has 5 nitrogen and oxygen atoms in total. The zero-order valence-electron chi connectivity index (χ0n) is 14.8. The molecule has 2 aromatic rings. The topological polar surface area (TPSA) is 62.6 Å². The molecule has 4 rings (SSSR count). The summed E-state index contributed by atoms with van der Waals surface area (Å²) in [6, 6.07) is 11.1. The molecule has 2 amide bonds. The van der Waals surface area contributed by atoms with Crippen LogP contribution in [0.25, 0.3) is 0 Å². The number of rotatable bonds is 5. The number of hydrogen-bond donors (Lipinski definition) is 1. The van der Waals surface area contributed by atoms with E-state index in [1.54, 1.807) is 6.07 Å². The smallest absolute Gasteiger partial charge is 0.257 e. The quantitative estimate of drug-likeness (QED) is 0.896. The maximum atomic E-state index is 12.7. The molecule has 1 saturated heterocycles. The summed E-state index contributed by atoms with van der Waals surface area (Å²) in [4.78, 5) is 27.1. The summed E-state index contributed by atoms with van der Waals surface area (Å²) < 4.78 is 5.03. The standard InChI is InChI=1S/C21H24N2O3/c24-19(17-4-2-1-3-5-17)22-21(14-16-6-7-16)9-11-23(12-10-21)20(25)18-8-13-26-15-18/h1-5,8,13,15-16H,6-7,9-12,14H2,(H,22,24). The minimum Gasteiger partial charge on any atom is -0.472 e.